The molecule has 5 N–H and O–H groups in total. The fourth-order valence-electron chi connectivity index (χ4n) is 5.29. The van der Waals surface area contributed by atoms with Gasteiger partial charge in [0.15, 0.2) is 0 Å². The lowest BCUT2D eigenvalue weighted by atomic mass is 9.67. The molecular formula is C24H29FN6O2S2. The molecule has 11 heteroatoms. The minimum absolute atomic E-state index is 0.0484. The number of primary sulfonamides is 1. The van der Waals surface area contributed by atoms with Crippen LogP contribution in [0.3, 0.4) is 0 Å². The number of hydrogen-bond acceptors (Lipinski definition) is 8. The summed E-state index contributed by atoms with van der Waals surface area (Å²) in [5.41, 5.74) is 7.55. The molecule has 1 aliphatic carbocycles. The highest BCUT2D eigenvalue weighted by Gasteiger charge is 2.41. The van der Waals surface area contributed by atoms with E-state index in [1.165, 1.54) is 17.4 Å². The van der Waals surface area contributed by atoms with Gasteiger partial charge in [-0.05, 0) is 49.7 Å². The number of thiazole rings is 1. The number of nitrogens with one attached hydrogen (secondary N) is 1. The van der Waals surface area contributed by atoms with E-state index in [9.17, 15) is 8.42 Å². The van der Waals surface area contributed by atoms with E-state index >= 15 is 4.39 Å². The molecule has 2 fully saturated rings. The van der Waals surface area contributed by atoms with Crippen molar-refractivity contribution in [3.63, 3.8) is 0 Å². The van der Waals surface area contributed by atoms with Crippen molar-refractivity contribution in [2.45, 2.75) is 50.2 Å². The van der Waals surface area contributed by atoms with Gasteiger partial charge in [-0.3, -0.25) is 0 Å². The largest absolute Gasteiger partial charge is 0.368 e. The first-order valence-electron chi connectivity index (χ1n) is 11.8. The second-order valence-electron chi connectivity index (χ2n) is 9.60. The van der Waals surface area contributed by atoms with E-state index in [1.807, 2.05) is 0 Å². The van der Waals surface area contributed by atoms with Crippen LogP contribution in [0.2, 0.25) is 0 Å². The first kappa shape index (κ1) is 24.2. The molecule has 1 unspecified atom stereocenters. The molecule has 5 rings (SSSR count). The first-order chi connectivity index (χ1) is 16.7. The average molecular weight is 517 g/mol. The Bertz CT molecular complexity index is 1350. The van der Waals surface area contributed by atoms with Gasteiger partial charge in [-0.25, -0.2) is 32.9 Å². The standard InChI is InChI=1S/C24H29FN6O2S2/c1-2-18(35(27,32)33)15-4-3-5-16(19(15)25)20-21(17-8-11-29-23(26)30-17)34-22(31-20)14-6-9-24(10-7-14)12-28-13-24/h3-5,8,11,14,18,28H,2,6-7,9-10,12-13H2,1H3,(H2,26,29,30)(H2,27,32,33). The van der Waals surface area contributed by atoms with Crippen LogP contribution in [0.25, 0.3) is 21.8 Å². The monoisotopic (exact) mass is 516 g/mol. The summed E-state index contributed by atoms with van der Waals surface area (Å²) in [6, 6.07) is 6.47. The fourth-order valence-corrected chi connectivity index (χ4v) is 7.51. The Labute approximate surface area is 208 Å². The maximum Gasteiger partial charge on any atom is 0.220 e. The molecule has 1 atom stereocenters. The normalized spacial score (nSPS) is 18.9. The molecule has 3 heterocycles. The highest BCUT2D eigenvalue weighted by Crippen LogP contribution is 2.48. The van der Waals surface area contributed by atoms with Crippen LogP contribution in [0.1, 0.15) is 60.8 Å². The topological polar surface area (TPSA) is 137 Å². The van der Waals surface area contributed by atoms with Gasteiger partial charge in [0.05, 0.1) is 21.3 Å². The molecule has 186 valence electrons. The molecule has 3 aromatic rings. The Balaban J connectivity index is 1.60. The second-order valence-corrected chi connectivity index (χ2v) is 12.4. The van der Waals surface area contributed by atoms with Crippen LogP contribution in [-0.2, 0) is 10.0 Å². The smallest absolute Gasteiger partial charge is 0.220 e. The second kappa shape index (κ2) is 9.20. The minimum Gasteiger partial charge on any atom is -0.368 e. The molecule has 0 bridgehead atoms. The molecule has 2 aliphatic rings. The maximum atomic E-state index is 15.9. The number of hydrogen-bond donors (Lipinski definition) is 3. The Morgan fingerprint density at radius 2 is 1.97 bits per heavy atom. The van der Waals surface area contributed by atoms with Gasteiger partial charge in [0.25, 0.3) is 0 Å². The van der Waals surface area contributed by atoms with Gasteiger partial charge in [-0.1, -0.05) is 19.1 Å². The van der Waals surface area contributed by atoms with Crippen molar-refractivity contribution < 1.29 is 12.8 Å². The van der Waals surface area contributed by atoms with Gasteiger partial charge < -0.3 is 11.1 Å². The van der Waals surface area contributed by atoms with Crippen LogP contribution >= 0.6 is 11.3 Å². The summed E-state index contributed by atoms with van der Waals surface area (Å²) in [5.74, 6) is -0.219. The number of nitrogens with zero attached hydrogens (tertiary/aromatic N) is 3. The number of sulfonamides is 1. The van der Waals surface area contributed by atoms with E-state index in [0.717, 1.165) is 43.8 Å². The highest BCUT2D eigenvalue weighted by molar-refractivity contribution is 7.89. The number of aromatic nitrogens is 3. The van der Waals surface area contributed by atoms with Gasteiger partial charge in [0.2, 0.25) is 16.0 Å². The van der Waals surface area contributed by atoms with E-state index in [-0.39, 0.29) is 29.4 Å². The van der Waals surface area contributed by atoms with Crippen LogP contribution in [0, 0.1) is 11.2 Å². The number of halogens is 1. The molecule has 1 aromatic carbocycles. The average Bonchev–Trinajstić information content (AvgIpc) is 3.24. The SMILES string of the molecule is CCC(c1cccc(-c2nc(C3CCC4(CC3)CNC4)sc2-c2ccnc(N)n2)c1F)S(N)(=O)=O. The van der Waals surface area contributed by atoms with Crippen molar-refractivity contribution in [1.29, 1.82) is 0 Å². The lowest BCUT2D eigenvalue weighted by Gasteiger charge is -2.47. The molecule has 1 saturated carbocycles. The van der Waals surface area contributed by atoms with E-state index in [2.05, 4.69) is 15.3 Å². The van der Waals surface area contributed by atoms with Crippen molar-refractivity contribution in [3.05, 3.63) is 46.9 Å². The number of anilines is 1. The molecule has 35 heavy (non-hydrogen) atoms. The minimum atomic E-state index is -3.98. The summed E-state index contributed by atoms with van der Waals surface area (Å²) < 4.78 is 40.2. The molecule has 1 aliphatic heterocycles. The number of benzene rings is 1. The summed E-state index contributed by atoms with van der Waals surface area (Å²) in [7, 11) is -3.98. The van der Waals surface area contributed by atoms with Crippen LogP contribution in [-0.4, -0.2) is 36.5 Å². The molecule has 1 spiro atoms. The fraction of sp³-hybridized carbons (Fsp3) is 0.458. The lowest BCUT2D eigenvalue weighted by molar-refractivity contribution is 0.0975. The van der Waals surface area contributed by atoms with Crippen LogP contribution in [0.5, 0.6) is 0 Å². The Kier molecular flexibility index (Phi) is 6.37. The number of nitrogens with two attached hydrogens (primary N) is 2. The molecular weight excluding hydrogens is 487 g/mol. The Hall–Kier alpha value is -2.47. The quantitative estimate of drug-likeness (QED) is 0.451. The van der Waals surface area contributed by atoms with Gasteiger partial charge in [-0.2, -0.15) is 0 Å². The maximum absolute atomic E-state index is 15.9. The molecule has 0 amide bonds. The van der Waals surface area contributed by atoms with E-state index in [1.54, 1.807) is 31.3 Å². The summed E-state index contributed by atoms with van der Waals surface area (Å²) in [4.78, 5) is 14.0. The first-order valence-corrected chi connectivity index (χ1v) is 14.2. The Morgan fingerprint density at radius 3 is 2.57 bits per heavy atom. The number of rotatable bonds is 6. The molecule has 8 nitrogen and oxygen atoms in total. The predicted octanol–water partition coefficient (Wildman–Crippen LogP) is 3.98. The zero-order chi connectivity index (χ0) is 24.8. The third-order valence-electron chi connectivity index (χ3n) is 7.34. The van der Waals surface area contributed by atoms with Crippen molar-refractivity contribution in [2.24, 2.45) is 10.6 Å². The zero-order valence-corrected chi connectivity index (χ0v) is 21.1. The Morgan fingerprint density at radius 1 is 1.23 bits per heavy atom. The number of nitrogen functional groups attached to an aromatic ring is 1. The molecule has 1 saturated heterocycles. The van der Waals surface area contributed by atoms with Gasteiger partial charge in [-0.15, -0.1) is 11.3 Å². The highest BCUT2D eigenvalue weighted by atomic mass is 32.2. The summed E-state index contributed by atoms with van der Waals surface area (Å²) >= 11 is 1.50. The van der Waals surface area contributed by atoms with Crippen LogP contribution in [0.15, 0.2) is 30.5 Å². The van der Waals surface area contributed by atoms with E-state index in [0.29, 0.717) is 21.7 Å². The van der Waals surface area contributed by atoms with Gasteiger partial charge in [0, 0.05) is 36.3 Å². The van der Waals surface area contributed by atoms with Crippen LogP contribution < -0.4 is 16.2 Å². The van der Waals surface area contributed by atoms with Crippen molar-refractivity contribution in [2.75, 3.05) is 18.8 Å². The third-order valence-corrected chi connectivity index (χ3v) is 9.96. The van der Waals surface area contributed by atoms with Crippen LogP contribution in [0.4, 0.5) is 10.3 Å². The van der Waals surface area contributed by atoms with E-state index in [4.69, 9.17) is 15.9 Å². The molecule has 2 aromatic heterocycles. The predicted molar refractivity (Wildman–Crippen MR) is 136 cm³/mol. The summed E-state index contributed by atoms with van der Waals surface area (Å²) in [6.07, 6.45) is 6.08. The summed E-state index contributed by atoms with van der Waals surface area (Å²) in [6.45, 7) is 3.83. The molecule has 0 radical (unpaired) electrons. The summed E-state index contributed by atoms with van der Waals surface area (Å²) in [5, 5.41) is 8.61. The third kappa shape index (κ3) is 4.57. The lowest BCUT2D eigenvalue weighted by Crippen LogP contribution is -2.54. The van der Waals surface area contributed by atoms with Crippen molar-refractivity contribution in [1.82, 2.24) is 20.3 Å². The van der Waals surface area contributed by atoms with Crippen molar-refractivity contribution in [3.8, 4) is 21.8 Å². The van der Waals surface area contributed by atoms with E-state index < -0.39 is 21.1 Å². The zero-order valence-electron chi connectivity index (χ0n) is 19.5. The van der Waals surface area contributed by atoms with Crippen molar-refractivity contribution >= 4 is 27.3 Å². The van der Waals surface area contributed by atoms with Gasteiger partial charge >= 0.3 is 0 Å². The van der Waals surface area contributed by atoms with Gasteiger partial charge in [0.1, 0.15) is 11.1 Å².